The summed E-state index contributed by atoms with van der Waals surface area (Å²) >= 11 is 0. The maximum absolute atomic E-state index is 12.6. The molecule has 2 aromatic rings. The first-order chi connectivity index (χ1) is 10.8. The van der Waals surface area contributed by atoms with Gasteiger partial charge in [0.1, 0.15) is 0 Å². The van der Waals surface area contributed by atoms with E-state index in [1.807, 2.05) is 13.8 Å². The van der Waals surface area contributed by atoms with Crippen LogP contribution >= 0.6 is 0 Å². The van der Waals surface area contributed by atoms with E-state index >= 15 is 0 Å². The third-order valence-electron chi connectivity index (χ3n) is 4.45. The van der Waals surface area contributed by atoms with Crippen LogP contribution in [0.3, 0.4) is 0 Å². The molecule has 1 saturated heterocycles. The summed E-state index contributed by atoms with van der Waals surface area (Å²) in [5, 5.41) is 14.4. The molecular weight excluding hydrogens is 296 g/mol. The van der Waals surface area contributed by atoms with Crippen LogP contribution in [0.4, 0.5) is 0 Å². The zero-order valence-electron chi connectivity index (χ0n) is 13.5. The van der Waals surface area contributed by atoms with Gasteiger partial charge in [0.2, 0.25) is 0 Å². The van der Waals surface area contributed by atoms with Gasteiger partial charge in [-0.25, -0.2) is 9.67 Å². The highest BCUT2D eigenvalue weighted by Crippen LogP contribution is 2.31. The molecule has 0 aliphatic carbocycles. The molecule has 1 fully saturated rings. The number of carbonyl (C=O) groups excluding carboxylic acids is 1. The van der Waals surface area contributed by atoms with Crippen LogP contribution in [0.5, 0.6) is 0 Å². The minimum Gasteiger partial charge on any atom is -0.481 e. The Kier molecular flexibility index (Phi) is 3.58. The molecule has 0 radical (unpaired) electrons. The summed E-state index contributed by atoms with van der Waals surface area (Å²) < 4.78 is 1.81. The number of hydrogen-bond donors (Lipinski definition) is 1. The summed E-state index contributed by atoms with van der Waals surface area (Å²) in [5.74, 6) is -1.04. The van der Waals surface area contributed by atoms with Crippen molar-refractivity contribution in [3.8, 4) is 0 Å². The topological polar surface area (TPSA) is 88.3 Å². The molecule has 1 aliphatic heterocycles. The van der Waals surface area contributed by atoms with E-state index in [4.69, 9.17) is 0 Å². The van der Waals surface area contributed by atoms with Gasteiger partial charge in [0.15, 0.2) is 5.65 Å². The molecule has 0 spiro atoms. The predicted molar refractivity (Wildman–Crippen MR) is 84.2 cm³/mol. The third-order valence-corrected chi connectivity index (χ3v) is 4.45. The molecule has 0 bridgehead atoms. The van der Waals surface area contributed by atoms with E-state index in [1.54, 1.807) is 35.0 Å². The largest absolute Gasteiger partial charge is 0.481 e. The van der Waals surface area contributed by atoms with Crippen LogP contribution in [0.2, 0.25) is 0 Å². The minimum absolute atomic E-state index is 0.179. The zero-order valence-corrected chi connectivity index (χ0v) is 13.5. The van der Waals surface area contributed by atoms with Crippen LogP contribution in [0.1, 0.15) is 43.6 Å². The maximum atomic E-state index is 12.6. The lowest BCUT2D eigenvalue weighted by atomic mass is 9.90. The number of hydrogen-bond acceptors (Lipinski definition) is 4. The second-order valence-electron chi connectivity index (χ2n) is 6.66. The summed E-state index contributed by atoms with van der Waals surface area (Å²) in [6.07, 6.45) is 3.71. The van der Waals surface area contributed by atoms with Gasteiger partial charge >= 0.3 is 5.97 Å². The lowest BCUT2D eigenvalue weighted by molar-refractivity contribution is -0.147. The van der Waals surface area contributed by atoms with Gasteiger partial charge in [-0.1, -0.05) is 0 Å². The minimum atomic E-state index is -0.865. The zero-order chi connectivity index (χ0) is 16.8. The fraction of sp³-hybridized carbons (Fsp3) is 0.500. The van der Waals surface area contributed by atoms with E-state index < -0.39 is 11.4 Å². The molecule has 0 saturated carbocycles. The highest BCUT2D eigenvalue weighted by molar-refractivity contribution is 5.97. The van der Waals surface area contributed by atoms with E-state index in [-0.39, 0.29) is 18.5 Å². The van der Waals surface area contributed by atoms with Gasteiger partial charge in [-0.3, -0.25) is 9.59 Å². The molecule has 1 unspecified atom stereocenters. The third kappa shape index (κ3) is 2.56. The molecular formula is C16H20N4O3. The van der Waals surface area contributed by atoms with E-state index in [0.717, 1.165) is 11.0 Å². The Balaban J connectivity index is 1.86. The van der Waals surface area contributed by atoms with Gasteiger partial charge in [0, 0.05) is 30.7 Å². The molecule has 23 heavy (non-hydrogen) atoms. The highest BCUT2D eigenvalue weighted by atomic mass is 16.4. The van der Waals surface area contributed by atoms with Crippen LogP contribution in [0.15, 0.2) is 18.5 Å². The number of likely N-dealkylation sites (tertiary alicyclic amines) is 1. The molecule has 1 atom stereocenters. The maximum Gasteiger partial charge on any atom is 0.311 e. The average Bonchev–Trinajstić information content (AvgIpc) is 3.10. The van der Waals surface area contributed by atoms with Crippen molar-refractivity contribution in [2.24, 2.45) is 5.41 Å². The second-order valence-corrected chi connectivity index (χ2v) is 6.66. The van der Waals surface area contributed by atoms with Crippen LogP contribution in [-0.4, -0.2) is 49.7 Å². The summed E-state index contributed by atoms with van der Waals surface area (Å²) in [4.78, 5) is 29.9. The van der Waals surface area contributed by atoms with E-state index in [0.29, 0.717) is 18.5 Å². The fourth-order valence-corrected chi connectivity index (χ4v) is 2.93. The SMILES string of the molecule is CC(C)n1ncc2cc(C(=O)N3CCC(C)(C(=O)O)C3)cnc21. The Morgan fingerprint density at radius 1 is 1.35 bits per heavy atom. The van der Waals surface area contributed by atoms with Crippen molar-refractivity contribution in [2.45, 2.75) is 33.2 Å². The van der Waals surface area contributed by atoms with E-state index in [1.165, 1.54) is 0 Å². The van der Waals surface area contributed by atoms with Crippen LogP contribution in [0.25, 0.3) is 11.0 Å². The Morgan fingerprint density at radius 2 is 2.09 bits per heavy atom. The molecule has 2 aromatic heterocycles. The van der Waals surface area contributed by atoms with E-state index in [9.17, 15) is 14.7 Å². The van der Waals surface area contributed by atoms with Gasteiger partial charge < -0.3 is 10.0 Å². The van der Waals surface area contributed by atoms with Crippen LogP contribution < -0.4 is 0 Å². The number of rotatable bonds is 3. The van der Waals surface area contributed by atoms with Crippen molar-refractivity contribution < 1.29 is 14.7 Å². The van der Waals surface area contributed by atoms with Crippen molar-refractivity contribution in [1.82, 2.24) is 19.7 Å². The van der Waals surface area contributed by atoms with Crippen molar-refractivity contribution in [3.05, 3.63) is 24.0 Å². The molecule has 122 valence electrons. The first-order valence-electron chi connectivity index (χ1n) is 7.68. The van der Waals surface area contributed by atoms with Gasteiger partial charge in [0.05, 0.1) is 17.2 Å². The summed E-state index contributed by atoms with van der Waals surface area (Å²) in [7, 11) is 0. The number of amides is 1. The standard InChI is InChI=1S/C16H20N4O3/c1-10(2)20-13-11(8-18-20)6-12(7-17-13)14(21)19-5-4-16(3,9-19)15(22)23/h6-8,10H,4-5,9H2,1-3H3,(H,22,23). The summed E-state index contributed by atoms with van der Waals surface area (Å²) in [6.45, 7) is 6.39. The first-order valence-corrected chi connectivity index (χ1v) is 7.68. The molecule has 7 heteroatoms. The molecule has 1 aliphatic rings. The van der Waals surface area contributed by atoms with Gasteiger partial charge in [0.25, 0.3) is 5.91 Å². The van der Waals surface area contributed by atoms with Crippen molar-refractivity contribution in [3.63, 3.8) is 0 Å². The quantitative estimate of drug-likeness (QED) is 0.935. The molecule has 1 amide bonds. The smallest absolute Gasteiger partial charge is 0.311 e. The number of aromatic nitrogens is 3. The Bertz CT molecular complexity index is 783. The number of carboxylic acid groups (broad SMARTS) is 1. The first kappa shape index (κ1) is 15.5. The van der Waals surface area contributed by atoms with Crippen LogP contribution in [-0.2, 0) is 4.79 Å². The fourth-order valence-electron chi connectivity index (χ4n) is 2.93. The van der Waals surface area contributed by atoms with Crippen molar-refractivity contribution in [1.29, 1.82) is 0 Å². The lowest BCUT2D eigenvalue weighted by Gasteiger charge is -2.20. The van der Waals surface area contributed by atoms with Gasteiger partial charge in [-0.05, 0) is 33.3 Å². The number of carboxylic acids is 1. The Morgan fingerprint density at radius 3 is 2.70 bits per heavy atom. The number of pyridine rings is 1. The molecule has 3 rings (SSSR count). The molecule has 3 heterocycles. The highest BCUT2D eigenvalue weighted by Gasteiger charge is 2.42. The average molecular weight is 316 g/mol. The Hall–Kier alpha value is -2.44. The molecule has 1 N–H and O–H groups in total. The molecule has 7 nitrogen and oxygen atoms in total. The second kappa shape index (κ2) is 5.33. The van der Waals surface area contributed by atoms with Gasteiger partial charge in [-0.15, -0.1) is 0 Å². The number of carbonyl (C=O) groups is 2. The lowest BCUT2D eigenvalue weighted by Crippen LogP contribution is -2.34. The summed E-state index contributed by atoms with van der Waals surface area (Å²) in [5.41, 5.74) is 0.346. The monoisotopic (exact) mass is 316 g/mol. The summed E-state index contributed by atoms with van der Waals surface area (Å²) in [6, 6.07) is 1.96. The normalized spacial score (nSPS) is 21.3. The van der Waals surface area contributed by atoms with E-state index in [2.05, 4.69) is 10.1 Å². The van der Waals surface area contributed by atoms with Crippen molar-refractivity contribution >= 4 is 22.9 Å². The Labute approximate surface area is 133 Å². The number of nitrogens with zero attached hydrogens (tertiary/aromatic N) is 4. The number of fused-ring (bicyclic) bond motifs is 1. The molecule has 0 aromatic carbocycles. The van der Waals surface area contributed by atoms with Crippen LogP contribution in [0, 0.1) is 5.41 Å². The van der Waals surface area contributed by atoms with Gasteiger partial charge in [-0.2, -0.15) is 5.10 Å². The predicted octanol–water partition coefficient (Wildman–Crippen LogP) is 1.95. The number of aliphatic carboxylic acids is 1. The van der Waals surface area contributed by atoms with Crippen molar-refractivity contribution in [2.75, 3.05) is 13.1 Å².